The van der Waals surface area contributed by atoms with Crippen molar-refractivity contribution >= 4 is 11.6 Å². The molecule has 0 radical (unpaired) electrons. The first-order chi connectivity index (χ1) is 8.96. The minimum absolute atomic E-state index is 0.154. The zero-order valence-electron chi connectivity index (χ0n) is 12.8. The monoisotopic (exact) mass is 287 g/mol. The summed E-state index contributed by atoms with van der Waals surface area (Å²) in [6, 6.07) is 0.225. The molecule has 0 aliphatic carbocycles. The molecule has 0 fully saturated rings. The molecule has 1 aromatic rings. The zero-order valence-corrected chi connectivity index (χ0v) is 13.6. The van der Waals surface area contributed by atoms with Gasteiger partial charge in [0, 0.05) is 26.6 Å². The van der Waals surface area contributed by atoms with Crippen LogP contribution < -0.4 is 5.32 Å². The average Bonchev–Trinajstić information content (AvgIpc) is 2.64. The minimum Gasteiger partial charge on any atom is -0.380 e. The summed E-state index contributed by atoms with van der Waals surface area (Å²) < 4.78 is 7.50. The van der Waals surface area contributed by atoms with Crippen LogP contribution in [0.15, 0.2) is 0 Å². The van der Waals surface area contributed by atoms with Crippen molar-refractivity contribution < 1.29 is 4.74 Å². The number of aryl methyl sites for hydroxylation is 2. The van der Waals surface area contributed by atoms with Gasteiger partial charge < -0.3 is 10.1 Å². The van der Waals surface area contributed by atoms with Crippen LogP contribution >= 0.6 is 11.6 Å². The molecule has 1 N–H and O–H groups in total. The summed E-state index contributed by atoms with van der Waals surface area (Å²) in [5.74, 6) is 0.445. The van der Waals surface area contributed by atoms with Crippen LogP contribution in [0.2, 0.25) is 5.02 Å². The lowest BCUT2D eigenvalue weighted by molar-refractivity contribution is 0.0349. The highest BCUT2D eigenvalue weighted by molar-refractivity contribution is 6.31. The van der Waals surface area contributed by atoms with Crippen molar-refractivity contribution in [3.05, 3.63) is 16.4 Å². The smallest absolute Gasteiger partial charge is 0.0850 e. The van der Waals surface area contributed by atoms with Crippen molar-refractivity contribution in [2.24, 2.45) is 13.0 Å². The Morgan fingerprint density at radius 3 is 2.42 bits per heavy atom. The largest absolute Gasteiger partial charge is 0.380 e. The van der Waals surface area contributed by atoms with E-state index in [-0.39, 0.29) is 12.1 Å². The van der Waals surface area contributed by atoms with Gasteiger partial charge in [0.2, 0.25) is 0 Å². The third-order valence-electron chi connectivity index (χ3n) is 3.61. The van der Waals surface area contributed by atoms with E-state index in [9.17, 15) is 0 Å². The lowest BCUT2D eigenvalue weighted by Gasteiger charge is -2.28. The van der Waals surface area contributed by atoms with Gasteiger partial charge in [-0.05, 0) is 19.4 Å². The number of nitrogens with zero attached hydrogens (tertiary/aromatic N) is 2. The summed E-state index contributed by atoms with van der Waals surface area (Å²) in [7, 11) is 5.67. The Morgan fingerprint density at radius 1 is 1.42 bits per heavy atom. The molecule has 110 valence electrons. The minimum atomic E-state index is 0.154. The number of hydrogen-bond acceptors (Lipinski definition) is 3. The topological polar surface area (TPSA) is 39.1 Å². The molecule has 2 unspecified atom stereocenters. The van der Waals surface area contributed by atoms with Gasteiger partial charge in [-0.2, -0.15) is 5.10 Å². The maximum Gasteiger partial charge on any atom is 0.0850 e. The maximum atomic E-state index is 6.41. The van der Waals surface area contributed by atoms with E-state index in [1.807, 2.05) is 18.8 Å². The van der Waals surface area contributed by atoms with Gasteiger partial charge in [0.15, 0.2) is 0 Å². The molecule has 0 aliphatic heterocycles. The van der Waals surface area contributed by atoms with Gasteiger partial charge in [-0.15, -0.1) is 0 Å². The van der Waals surface area contributed by atoms with Gasteiger partial charge in [0.25, 0.3) is 0 Å². The van der Waals surface area contributed by atoms with Crippen molar-refractivity contribution in [3.63, 3.8) is 0 Å². The van der Waals surface area contributed by atoms with E-state index in [4.69, 9.17) is 16.3 Å². The highest BCUT2D eigenvalue weighted by Crippen LogP contribution is 2.24. The number of ether oxygens (including phenoxy) is 1. The molecule has 19 heavy (non-hydrogen) atoms. The number of likely N-dealkylation sites (N-methyl/N-ethyl adjacent to an activating group) is 1. The highest BCUT2D eigenvalue weighted by Gasteiger charge is 2.26. The van der Waals surface area contributed by atoms with E-state index in [0.717, 1.165) is 29.3 Å². The predicted molar refractivity (Wildman–Crippen MR) is 79.8 cm³/mol. The molecular weight excluding hydrogens is 262 g/mol. The fourth-order valence-corrected chi connectivity index (χ4v) is 2.90. The van der Waals surface area contributed by atoms with Crippen LogP contribution in [-0.4, -0.2) is 36.1 Å². The Labute approximate surface area is 121 Å². The van der Waals surface area contributed by atoms with Gasteiger partial charge in [0.1, 0.15) is 0 Å². The van der Waals surface area contributed by atoms with E-state index in [1.54, 1.807) is 7.11 Å². The standard InChI is InChI=1S/C14H26ClN3O/c1-7-10-13(15)12(18(5)17-10)8-11(16-4)14(19-6)9(2)3/h9,11,14,16H,7-8H2,1-6H3. The van der Waals surface area contributed by atoms with Gasteiger partial charge in [0.05, 0.1) is 22.5 Å². The summed E-state index contributed by atoms with van der Waals surface area (Å²) in [6.45, 7) is 6.40. The van der Waals surface area contributed by atoms with E-state index in [1.165, 1.54) is 0 Å². The lowest BCUT2D eigenvalue weighted by Crippen LogP contribution is -2.44. The molecule has 0 saturated heterocycles. The molecule has 0 saturated carbocycles. The molecule has 1 aromatic heterocycles. The van der Waals surface area contributed by atoms with Crippen LogP contribution in [0.4, 0.5) is 0 Å². The Morgan fingerprint density at radius 2 is 2.05 bits per heavy atom. The van der Waals surface area contributed by atoms with E-state index in [2.05, 4.69) is 31.2 Å². The molecule has 0 spiro atoms. The molecule has 0 bridgehead atoms. The van der Waals surface area contributed by atoms with E-state index >= 15 is 0 Å². The highest BCUT2D eigenvalue weighted by atomic mass is 35.5. The summed E-state index contributed by atoms with van der Waals surface area (Å²) in [6.07, 6.45) is 1.82. The van der Waals surface area contributed by atoms with Crippen molar-refractivity contribution in [2.45, 2.75) is 45.8 Å². The van der Waals surface area contributed by atoms with Crippen LogP contribution in [0.25, 0.3) is 0 Å². The van der Waals surface area contributed by atoms with Crippen LogP contribution in [0, 0.1) is 5.92 Å². The van der Waals surface area contributed by atoms with Gasteiger partial charge in [-0.25, -0.2) is 0 Å². The number of rotatable bonds is 7. The normalized spacial score (nSPS) is 14.9. The Bertz CT molecular complexity index is 404. The van der Waals surface area contributed by atoms with Gasteiger partial charge in [-0.3, -0.25) is 4.68 Å². The second kappa shape index (κ2) is 7.27. The fraction of sp³-hybridized carbons (Fsp3) is 0.786. The predicted octanol–water partition coefficient (Wildman–Crippen LogP) is 2.44. The first-order valence-corrected chi connectivity index (χ1v) is 7.24. The van der Waals surface area contributed by atoms with Crippen molar-refractivity contribution in [1.29, 1.82) is 0 Å². The van der Waals surface area contributed by atoms with Crippen molar-refractivity contribution in [2.75, 3.05) is 14.2 Å². The molecule has 2 atom stereocenters. The first-order valence-electron chi connectivity index (χ1n) is 6.86. The SMILES string of the molecule is CCc1nn(C)c(CC(NC)C(OC)C(C)C)c1Cl. The third kappa shape index (κ3) is 3.71. The molecule has 1 rings (SSSR count). The Hall–Kier alpha value is -0.580. The summed E-state index contributed by atoms with van der Waals surface area (Å²) in [5.41, 5.74) is 2.04. The van der Waals surface area contributed by atoms with E-state index < -0.39 is 0 Å². The van der Waals surface area contributed by atoms with Gasteiger partial charge in [-0.1, -0.05) is 32.4 Å². The van der Waals surface area contributed by atoms with Gasteiger partial charge >= 0.3 is 0 Å². The molecular formula is C14H26ClN3O. The number of methoxy groups -OCH3 is 1. The summed E-state index contributed by atoms with van der Waals surface area (Å²) in [5, 5.41) is 8.60. The third-order valence-corrected chi connectivity index (χ3v) is 4.05. The summed E-state index contributed by atoms with van der Waals surface area (Å²) >= 11 is 6.41. The number of halogens is 1. The van der Waals surface area contributed by atoms with E-state index in [0.29, 0.717) is 5.92 Å². The van der Waals surface area contributed by atoms with Crippen molar-refractivity contribution in [1.82, 2.24) is 15.1 Å². The second-order valence-corrected chi connectivity index (χ2v) is 5.61. The van der Waals surface area contributed by atoms with Crippen molar-refractivity contribution in [3.8, 4) is 0 Å². The number of aromatic nitrogens is 2. The lowest BCUT2D eigenvalue weighted by atomic mass is 9.95. The maximum absolute atomic E-state index is 6.41. The molecule has 0 aliphatic rings. The quantitative estimate of drug-likeness (QED) is 0.837. The first kappa shape index (κ1) is 16.5. The Kier molecular flexibility index (Phi) is 6.30. The Balaban J connectivity index is 2.95. The average molecular weight is 288 g/mol. The summed E-state index contributed by atoms with van der Waals surface area (Å²) in [4.78, 5) is 0. The van der Waals surface area contributed by atoms with Crippen LogP contribution in [-0.2, 0) is 24.6 Å². The molecule has 4 nitrogen and oxygen atoms in total. The molecule has 0 aromatic carbocycles. The molecule has 5 heteroatoms. The number of nitrogens with one attached hydrogen (secondary N) is 1. The number of hydrogen-bond donors (Lipinski definition) is 1. The van der Waals surface area contributed by atoms with Crippen LogP contribution in [0.3, 0.4) is 0 Å². The molecule has 1 heterocycles. The molecule has 0 amide bonds. The zero-order chi connectivity index (χ0) is 14.6. The van der Waals surface area contributed by atoms with Crippen LogP contribution in [0.1, 0.15) is 32.2 Å². The second-order valence-electron chi connectivity index (χ2n) is 5.23. The van der Waals surface area contributed by atoms with Crippen LogP contribution in [0.5, 0.6) is 0 Å². The fourth-order valence-electron chi connectivity index (χ4n) is 2.53.